The molecule has 0 aliphatic carbocycles. The van der Waals surface area contributed by atoms with Gasteiger partial charge in [-0.05, 0) is 44.8 Å². The van der Waals surface area contributed by atoms with Crippen molar-refractivity contribution in [3.8, 4) is 0 Å². The monoisotopic (exact) mass is 511 g/mol. The summed E-state index contributed by atoms with van der Waals surface area (Å²) in [5.74, 6) is -0.818. The Bertz CT molecular complexity index is 766. The Morgan fingerprint density at radius 3 is 2.17 bits per heavy atom. The van der Waals surface area contributed by atoms with Gasteiger partial charge in [0.25, 0.3) is 0 Å². The normalized spacial score (nSPS) is 18.5. The third-order valence-electron chi connectivity index (χ3n) is 7.01. The molecule has 0 spiro atoms. The van der Waals surface area contributed by atoms with Crippen molar-refractivity contribution in [3.63, 3.8) is 0 Å². The van der Waals surface area contributed by atoms with Gasteiger partial charge in [-0.2, -0.15) is 0 Å². The molecule has 1 fully saturated rings. The van der Waals surface area contributed by atoms with E-state index in [1.807, 2.05) is 53.6 Å². The van der Waals surface area contributed by atoms with Crippen molar-refractivity contribution in [2.45, 2.75) is 72.0 Å². The molecule has 1 N–H and O–H groups in total. The zero-order valence-electron chi connectivity index (χ0n) is 24.1. The van der Waals surface area contributed by atoms with Gasteiger partial charge in [0.05, 0.1) is 19.7 Å². The maximum absolute atomic E-state index is 13.8. The lowest BCUT2D eigenvalue weighted by atomic mass is 9.84. The van der Waals surface area contributed by atoms with Gasteiger partial charge in [-0.3, -0.25) is 29.0 Å². The SMILES string of the molecule is COC(=O)CN(C)C(=O)CN(C)CC(C(C)C)N(C)C(=O)C(NC(=O)C1CCCCN1C)C(C)(C)C. The summed E-state index contributed by atoms with van der Waals surface area (Å²) in [6.45, 7) is 11.3. The van der Waals surface area contributed by atoms with Gasteiger partial charge in [0.2, 0.25) is 17.7 Å². The van der Waals surface area contributed by atoms with Crippen molar-refractivity contribution in [2.75, 3.05) is 61.5 Å². The molecule has 10 heteroatoms. The Hall–Kier alpha value is -2.20. The summed E-state index contributed by atoms with van der Waals surface area (Å²) in [5.41, 5.74) is -0.478. The molecule has 0 aromatic heterocycles. The average Bonchev–Trinajstić information content (AvgIpc) is 2.79. The van der Waals surface area contributed by atoms with Crippen LogP contribution in [0.4, 0.5) is 0 Å². The zero-order valence-corrected chi connectivity index (χ0v) is 24.1. The smallest absolute Gasteiger partial charge is 0.325 e. The number of hydrogen-bond donors (Lipinski definition) is 1. The van der Waals surface area contributed by atoms with Crippen LogP contribution in [0.2, 0.25) is 0 Å². The van der Waals surface area contributed by atoms with E-state index in [0.29, 0.717) is 6.54 Å². The molecule has 0 aromatic carbocycles. The van der Waals surface area contributed by atoms with Crippen LogP contribution < -0.4 is 5.32 Å². The quantitative estimate of drug-likeness (QED) is 0.414. The van der Waals surface area contributed by atoms with Gasteiger partial charge in [0.15, 0.2) is 0 Å². The van der Waals surface area contributed by atoms with Crippen LogP contribution >= 0.6 is 0 Å². The number of ether oxygens (including phenoxy) is 1. The van der Waals surface area contributed by atoms with Gasteiger partial charge in [0, 0.05) is 26.7 Å². The van der Waals surface area contributed by atoms with Crippen molar-refractivity contribution in [2.24, 2.45) is 11.3 Å². The number of rotatable bonds is 11. The first kappa shape index (κ1) is 31.8. The average molecular weight is 512 g/mol. The molecule has 1 heterocycles. The summed E-state index contributed by atoms with van der Waals surface area (Å²) in [6, 6.07) is -1.08. The highest BCUT2D eigenvalue weighted by Crippen LogP contribution is 2.24. The van der Waals surface area contributed by atoms with E-state index in [-0.39, 0.29) is 48.8 Å². The molecule has 0 aromatic rings. The van der Waals surface area contributed by atoms with E-state index in [4.69, 9.17) is 0 Å². The third-order valence-corrected chi connectivity index (χ3v) is 7.01. The van der Waals surface area contributed by atoms with Gasteiger partial charge < -0.3 is 19.9 Å². The van der Waals surface area contributed by atoms with Crippen molar-refractivity contribution in [1.29, 1.82) is 0 Å². The summed E-state index contributed by atoms with van der Waals surface area (Å²) >= 11 is 0. The molecule has 1 rings (SSSR count). The minimum absolute atomic E-state index is 0.101. The van der Waals surface area contributed by atoms with Gasteiger partial charge >= 0.3 is 5.97 Å². The molecule has 1 saturated heterocycles. The number of likely N-dealkylation sites (tertiary alicyclic amines) is 1. The van der Waals surface area contributed by atoms with E-state index < -0.39 is 17.4 Å². The van der Waals surface area contributed by atoms with Gasteiger partial charge in [-0.1, -0.05) is 41.0 Å². The van der Waals surface area contributed by atoms with Gasteiger partial charge in [-0.25, -0.2) is 0 Å². The number of nitrogens with one attached hydrogen (secondary N) is 1. The summed E-state index contributed by atoms with van der Waals surface area (Å²) < 4.78 is 4.63. The second-order valence-electron chi connectivity index (χ2n) is 11.6. The van der Waals surface area contributed by atoms with E-state index in [9.17, 15) is 19.2 Å². The Labute approximate surface area is 217 Å². The first-order valence-corrected chi connectivity index (χ1v) is 12.9. The van der Waals surface area contributed by atoms with Crippen LogP contribution in [0.25, 0.3) is 0 Å². The number of likely N-dealkylation sites (N-methyl/N-ethyl adjacent to an activating group) is 4. The highest BCUT2D eigenvalue weighted by Gasteiger charge is 2.39. The molecule has 10 nitrogen and oxygen atoms in total. The van der Waals surface area contributed by atoms with Gasteiger partial charge in [-0.15, -0.1) is 0 Å². The predicted octanol–water partition coefficient (Wildman–Crippen LogP) is 1.05. The summed E-state index contributed by atoms with van der Waals surface area (Å²) in [6.07, 6.45) is 2.88. The molecule has 1 aliphatic rings. The summed E-state index contributed by atoms with van der Waals surface area (Å²) in [7, 11) is 8.39. The van der Waals surface area contributed by atoms with Crippen LogP contribution in [-0.4, -0.2) is 123 Å². The topological polar surface area (TPSA) is 102 Å². The second kappa shape index (κ2) is 13.9. The van der Waals surface area contributed by atoms with E-state index >= 15 is 0 Å². The van der Waals surface area contributed by atoms with Crippen LogP contribution in [0.3, 0.4) is 0 Å². The first-order chi connectivity index (χ1) is 16.6. The Morgan fingerprint density at radius 2 is 1.67 bits per heavy atom. The number of carbonyl (C=O) groups is 4. The van der Waals surface area contributed by atoms with Crippen molar-refractivity contribution >= 4 is 23.7 Å². The lowest BCUT2D eigenvalue weighted by molar-refractivity contribution is -0.146. The standard InChI is InChI=1S/C26H49N5O5/c1-18(2)20(15-28(6)16-21(32)30(8)17-22(33)36-10)31(9)25(35)23(26(3,4)5)27-24(34)19-13-11-12-14-29(19)7/h18-20,23H,11-17H2,1-10H3,(H,27,34). The fourth-order valence-electron chi connectivity index (χ4n) is 4.52. The van der Waals surface area contributed by atoms with Crippen LogP contribution in [0, 0.1) is 11.3 Å². The van der Waals surface area contributed by atoms with E-state index in [1.54, 1.807) is 19.0 Å². The molecule has 0 radical (unpaired) electrons. The molecule has 0 saturated carbocycles. The van der Waals surface area contributed by atoms with Crippen LogP contribution in [0.15, 0.2) is 0 Å². The largest absolute Gasteiger partial charge is 0.468 e. The van der Waals surface area contributed by atoms with Crippen LogP contribution in [0.5, 0.6) is 0 Å². The molecular weight excluding hydrogens is 462 g/mol. The lowest BCUT2D eigenvalue weighted by Gasteiger charge is -2.40. The minimum Gasteiger partial charge on any atom is -0.468 e. The van der Waals surface area contributed by atoms with E-state index in [2.05, 4.69) is 15.0 Å². The molecule has 36 heavy (non-hydrogen) atoms. The number of carbonyl (C=O) groups excluding carboxylic acids is 4. The number of esters is 1. The highest BCUT2D eigenvalue weighted by atomic mass is 16.5. The number of methoxy groups -OCH3 is 1. The fraction of sp³-hybridized carbons (Fsp3) is 0.846. The summed E-state index contributed by atoms with van der Waals surface area (Å²) in [5, 5.41) is 3.07. The number of nitrogens with zero attached hydrogens (tertiary/aromatic N) is 4. The Balaban J connectivity index is 2.94. The molecule has 3 amide bonds. The van der Waals surface area contributed by atoms with Crippen molar-refractivity contribution < 1.29 is 23.9 Å². The zero-order chi connectivity index (χ0) is 27.8. The third kappa shape index (κ3) is 9.35. The fourth-order valence-corrected chi connectivity index (χ4v) is 4.52. The molecular formula is C26H49N5O5. The van der Waals surface area contributed by atoms with Crippen LogP contribution in [0.1, 0.15) is 53.9 Å². The highest BCUT2D eigenvalue weighted by molar-refractivity contribution is 5.90. The molecule has 3 unspecified atom stereocenters. The molecule has 0 bridgehead atoms. The molecule has 1 aliphatic heterocycles. The van der Waals surface area contributed by atoms with Crippen LogP contribution in [-0.2, 0) is 23.9 Å². The number of hydrogen-bond acceptors (Lipinski definition) is 7. The van der Waals surface area contributed by atoms with E-state index in [1.165, 1.54) is 12.0 Å². The lowest BCUT2D eigenvalue weighted by Crippen LogP contribution is -2.60. The first-order valence-electron chi connectivity index (χ1n) is 12.9. The minimum atomic E-state index is -0.676. The number of piperidine rings is 1. The van der Waals surface area contributed by atoms with E-state index in [0.717, 1.165) is 25.8 Å². The Kier molecular flexibility index (Phi) is 12.3. The molecule has 208 valence electrons. The predicted molar refractivity (Wildman–Crippen MR) is 140 cm³/mol. The van der Waals surface area contributed by atoms with Gasteiger partial charge in [0.1, 0.15) is 12.6 Å². The van der Waals surface area contributed by atoms with Crippen molar-refractivity contribution in [1.82, 2.24) is 24.9 Å². The molecule has 3 atom stereocenters. The maximum atomic E-state index is 13.8. The number of amides is 3. The van der Waals surface area contributed by atoms with Crippen molar-refractivity contribution in [3.05, 3.63) is 0 Å². The maximum Gasteiger partial charge on any atom is 0.325 e. The second-order valence-corrected chi connectivity index (χ2v) is 11.6. The summed E-state index contributed by atoms with van der Waals surface area (Å²) in [4.78, 5) is 57.9. The Morgan fingerprint density at radius 1 is 1.06 bits per heavy atom.